The maximum absolute atomic E-state index is 12.8. The predicted octanol–water partition coefficient (Wildman–Crippen LogP) is 3.39. The van der Waals surface area contributed by atoms with Crippen molar-refractivity contribution >= 4 is 49.9 Å². The minimum absolute atomic E-state index is 0.0851. The summed E-state index contributed by atoms with van der Waals surface area (Å²) in [5.74, 6) is 0.123. The molecule has 0 aliphatic heterocycles. The highest BCUT2D eigenvalue weighted by molar-refractivity contribution is 14.1. The lowest BCUT2D eigenvalue weighted by molar-refractivity contribution is 0.0600. The number of halogens is 1. The van der Waals surface area contributed by atoms with E-state index in [9.17, 15) is 13.2 Å². The van der Waals surface area contributed by atoms with Crippen LogP contribution in [0, 0.1) is 0 Å². The SMILES string of the molecule is COC(=O)c1ccc(S(=O)(=O)n2ccc3cc(OI)ccc32)cc1. The third kappa shape index (κ3) is 2.86. The Hall–Kier alpha value is -2.07. The number of methoxy groups -OCH3 is 1. The van der Waals surface area contributed by atoms with Gasteiger partial charge in [0.25, 0.3) is 10.0 Å². The van der Waals surface area contributed by atoms with Crippen LogP contribution in [0.15, 0.2) is 59.6 Å². The molecule has 1 heterocycles. The topological polar surface area (TPSA) is 74.6 Å². The van der Waals surface area contributed by atoms with Crippen LogP contribution in [0.25, 0.3) is 10.9 Å². The van der Waals surface area contributed by atoms with Gasteiger partial charge in [-0.1, -0.05) is 0 Å². The molecule has 3 aromatic rings. The van der Waals surface area contributed by atoms with Crippen molar-refractivity contribution < 1.29 is 21.0 Å². The summed E-state index contributed by atoms with van der Waals surface area (Å²) in [5.41, 5.74) is 0.835. The first-order valence-electron chi connectivity index (χ1n) is 6.81. The molecule has 0 saturated carbocycles. The van der Waals surface area contributed by atoms with E-state index in [1.54, 1.807) is 47.3 Å². The first-order chi connectivity index (χ1) is 11.5. The van der Waals surface area contributed by atoms with E-state index < -0.39 is 16.0 Å². The van der Waals surface area contributed by atoms with Crippen molar-refractivity contribution in [3.05, 3.63) is 60.3 Å². The number of aromatic nitrogens is 1. The van der Waals surface area contributed by atoms with Crippen LogP contribution < -0.4 is 3.07 Å². The van der Waals surface area contributed by atoms with Gasteiger partial charge in [0, 0.05) is 11.6 Å². The molecular weight excluding hydrogens is 445 g/mol. The summed E-state index contributed by atoms with van der Waals surface area (Å²) in [6.07, 6.45) is 1.49. The Morgan fingerprint density at radius 2 is 1.79 bits per heavy atom. The van der Waals surface area contributed by atoms with Gasteiger partial charge in [-0.2, -0.15) is 0 Å². The van der Waals surface area contributed by atoms with Gasteiger partial charge in [0.1, 0.15) is 5.75 Å². The summed E-state index contributed by atoms with van der Waals surface area (Å²) in [7, 11) is -2.50. The summed E-state index contributed by atoms with van der Waals surface area (Å²) in [6.45, 7) is 0. The average Bonchev–Trinajstić information content (AvgIpc) is 3.04. The summed E-state index contributed by atoms with van der Waals surface area (Å²) in [5, 5.41) is 0.749. The zero-order valence-electron chi connectivity index (χ0n) is 12.5. The number of hydrogen-bond donors (Lipinski definition) is 0. The lowest BCUT2D eigenvalue weighted by atomic mass is 10.2. The molecule has 1 aromatic heterocycles. The molecule has 0 N–H and O–H groups in total. The van der Waals surface area contributed by atoms with E-state index in [4.69, 9.17) is 3.07 Å². The normalized spacial score (nSPS) is 11.4. The monoisotopic (exact) mass is 457 g/mol. The van der Waals surface area contributed by atoms with Crippen molar-refractivity contribution in [2.24, 2.45) is 0 Å². The second kappa shape index (κ2) is 6.44. The van der Waals surface area contributed by atoms with Crippen molar-refractivity contribution in [1.29, 1.82) is 0 Å². The highest BCUT2D eigenvalue weighted by atomic mass is 127. The fourth-order valence-electron chi connectivity index (χ4n) is 2.35. The Balaban J connectivity index is 2.06. The Bertz CT molecular complexity index is 1010. The third-order valence-corrected chi connectivity index (χ3v) is 5.76. The number of ether oxygens (including phenoxy) is 1. The largest absolute Gasteiger partial charge is 0.465 e. The maximum atomic E-state index is 12.8. The fourth-order valence-corrected chi connectivity index (χ4v) is 3.97. The van der Waals surface area contributed by atoms with Crippen LogP contribution in [-0.4, -0.2) is 25.5 Å². The third-order valence-electron chi connectivity index (χ3n) is 3.55. The summed E-state index contributed by atoms with van der Waals surface area (Å²) < 4.78 is 36.6. The maximum Gasteiger partial charge on any atom is 0.337 e. The lowest BCUT2D eigenvalue weighted by Gasteiger charge is -2.08. The van der Waals surface area contributed by atoms with Crippen molar-refractivity contribution in [3.63, 3.8) is 0 Å². The predicted molar refractivity (Wildman–Crippen MR) is 97.0 cm³/mol. The number of hydrogen-bond acceptors (Lipinski definition) is 5. The van der Waals surface area contributed by atoms with Crippen molar-refractivity contribution in [1.82, 2.24) is 3.97 Å². The van der Waals surface area contributed by atoms with Gasteiger partial charge in [-0.15, -0.1) is 0 Å². The Kier molecular flexibility index (Phi) is 4.50. The number of carbonyl (C=O) groups excluding carboxylic acids is 1. The zero-order chi connectivity index (χ0) is 17.3. The van der Waals surface area contributed by atoms with Gasteiger partial charge in [-0.3, -0.25) is 0 Å². The molecule has 0 fully saturated rings. The number of carbonyl (C=O) groups is 1. The van der Waals surface area contributed by atoms with Crippen LogP contribution in [0.3, 0.4) is 0 Å². The molecular formula is C16H12INO5S. The van der Waals surface area contributed by atoms with Crippen molar-refractivity contribution in [2.45, 2.75) is 4.90 Å². The Morgan fingerprint density at radius 3 is 2.42 bits per heavy atom. The standard InChI is InChI=1S/C16H12INO5S/c1-22-16(19)11-2-5-14(6-3-11)24(20,21)18-9-8-12-10-13(23-17)4-7-15(12)18/h2-10H,1H3. The minimum Gasteiger partial charge on any atom is -0.465 e. The molecule has 0 aliphatic carbocycles. The zero-order valence-corrected chi connectivity index (χ0v) is 15.4. The molecule has 0 spiro atoms. The van der Waals surface area contributed by atoms with Gasteiger partial charge in [-0.25, -0.2) is 17.2 Å². The molecule has 0 atom stereocenters. The molecule has 0 bridgehead atoms. The Morgan fingerprint density at radius 1 is 1.08 bits per heavy atom. The van der Waals surface area contributed by atoms with Crippen LogP contribution in [0.4, 0.5) is 0 Å². The van der Waals surface area contributed by atoms with Crippen molar-refractivity contribution in [2.75, 3.05) is 7.11 Å². The van der Waals surface area contributed by atoms with E-state index in [1.165, 1.54) is 41.5 Å². The highest BCUT2D eigenvalue weighted by Crippen LogP contribution is 2.26. The van der Waals surface area contributed by atoms with Gasteiger partial charge in [0.15, 0.2) is 23.0 Å². The number of benzene rings is 2. The molecule has 24 heavy (non-hydrogen) atoms. The summed E-state index contributed by atoms with van der Waals surface area (Å²) in [4.78, 5) is 11.5. The lowest BCUT2D eigenvalue weighted by Crippen LogP contribution is -2.12. The number of nitrogens with zero attached hydrogens (tertiary/aromatic N) is 1. The molecule has 6 nitrogen and oxygen atoms in total. The second-order valence-corrected chi connectivity index (χ2v) is 7.19. The van der Waals surface area contributed by atoms with E-state index in [0.717, 1.165) is 5.39 Å². The molecule has 8 heteroatoms. The molecule has 0 saturated heterocycles. The van der Waals surface area contributed by atoms with Crippen LogP contribution in [-0.2, 0) is 14.8 Å². The van der Waals surface area contributed by atoms with E-state index >= 15 is 0 Å². The van der Waals surface area contributed by atoms with E-state index in [1.807, 2.05) is 0 Å². The smallest absolute Gasteiger partial charge is 0.337 e. The van der Waals surface area contributed by atoms with Crippen LogP contribution >= 0.6 is 23.0 Å². The van der Waals surface area contributed by atoms with Gasteiger partial charge < -0.3 is 7.80 Å². The summed E-state index contributed by atoms with van der Waals surface area (Å²) >= 11 is 1.77. The number of esters is 1. The second-order valence-electron chi connectivity index (χ2n) is 4.93. The molecule has 0 aliphatic rings. The fraction of sp³-hybridized carbons (Fsp3) is 0.0625. The first kappa shape index (κ1) is 16.8. The first-order valence-corrected chi connectivity index (χ1v) is 9.13. The summed E-state index contributed by atoms with van der Waals surface area (Å²) in [6, 6.07) is 12.5. The molecule has 0 unspecified atom stereocenters. The van der Waals surface area contributed by atoms with Crippen molar-refractivity contribution in [3.8, 4) is 5.75 Å². The molecule has 3 rings (SSSR count). The van der Waals surface area contributed by atoms with Crippen LogP contribution in [0.5, 0.6) is 5.75 Å². The van der Waals surface area contributed by atoms with Crippen LogP contribution in [0.1, 0.15) is 10.4 Å². The van der Waals surface area contributed by atoms with Gasteiger partial charge in [-0.05, 0) is 48.5 Å². The number of rotatable bonds is 4. The highest BCUT2D eigenvalue weighted by Gasteiger charge is 2.19. The van der Waals surface area contributed by atoms with E-state index in [0.29, 0.717) is 11.3 Å². The average molecular weight is 457 g/mol. The van der Waals surface area contributed by atoms with Crippen LogP contribution in [0.2, 0.25) is 0 Å². The molecule has 0 amide bonds. The minimum atomic E-state index is -3.77. The molecule has 2 aromatic carbocycles. The number of fused-ring (bicyclic) bond motifs is 1. The molecule has 0 radical (unpaired) electrons. The van der Waals surface area contributed by atoms with E-state index in [-0.39, 0.29) is 10.5 Å². The molecule has 124 valence electrons. The van der Waals surface area contributed by atoms with Gasteiger partial charge >= 0.3 is 5.97 Å². The van der Waals surface area contributed by atoms with E-state index in [2.05, 4.69) is 4.74 Å². The van der Waals surface area contributed by atoms with Gasteiger partial charge in [0.05, 0.1) is 23.1 Å². The van der Waals surface area contributed by atoms with Gasteiger partial charge in [0.2, 0.25) is 0 Å². The quantitative estimate of drug-likeness (QED) is 0.444. The Labute approximate surface area is 152 Å².